The maximum atomic E-state index is 13.0. The van der Waals surface area contributed by atoms with Crippen LogP contribution in [0.4, 0.5) is 11.4 Å². The summed E-state index contributed by atoms with van der Waals surface area (Å²) in [6.45, 7) is 7.94. The first-order chi connectivity index (χ1) is 26.0. The zero-order valence-electron chi connectivity index (χ0n) is 30.7. The molecule has 2 atom stereocenters. The second-order valence-corrected chi connectivity index (χ2v) is 15.4. The van der Waals surface area contributed by atoms with Gasteiger partial charge in [0.05, 0.1) is 0 Å². The van der Waals surface area contributed by atoms with Crippen LogP contribution in [-0.2, 0) is 29.0 Å². The number of anilines is 2. The van der Waals surface area contributed by atoms with E-state index in [4.69, 9.17) is 0 Å². The van der Waals surface area contributed by atoms with Crippen LogP contribution in [0.1, 0.15) is 70.6 Å². The molecule has 0 bridgehead atoms. The molecule has 0 aromatic heterocycles. The number of rotatable bonds is 6. The van der Waals surface area contributed by atoms with Crippen molar-refractivity contribution in [2.45, 2.75) is 63.5 Å². The maximum absolute atomic E-state index is 13.0. The van der Waals surface area contributed by atoms with Crippen LogP contribution in [0.5, 0.6) is 0 Å². The van der Waals surface area contributed by atoms with Crippen molar-refractivity contribution >= 4 is 29.1 Å². The lowest BCUT2D eigenvalue weighted by Gasteiger charge is -2.40. The number of benzene rings is 4. The topological polar surface area (TPSA) is 76.2 Å². The normalized spacial score (nSPS) is 22.1. The lowest BCUT2D eigenvalue weighted by atomic mass is 9.80. The summed E-state index contributed by atoms with van der Waals surface area (Å²) < 4.78 is 0. The Bertz CT molecular complexity index is 1900. The summed E-state index contributed by atoms with van der Waals surface area (Å²) in [5.74, 6) is 0.745. The van der Waals surface area contributed by atoms with E-state index in [0.29, 0.717) is 18.5 Å². The van der Waals surface area contributed by atoms with Gasteiger partial charge in [-0.25, -0.2) is 0 Å². The van der Waals surface area contributed by atoms with Crippen molar-refractivity contribution in [1.82, 2.24) is 15.1 Å². The standard InChI is InChI=1S/C29H35N5O3.C16H16/c35-27-9-8-26(28(36)30-27)34-20-22-18-24(6-7-25(22)29(34)37)33-16-14-31(15-17-33)19-21-10-12-32(13-11-21)23-4-2-1-3-5-23;1-2-6-13(7-3-1)16-11-10-14-8-4-5-9-15(14)12-16/h1-7,18,21,26H,8-17,19-20H2,(H,30,35,36);1-9,16H,10-12H2/t26-;/m0./s1. The van der Waals surface area contributed by atoms with Crippen molar-refractivity contribution in [3.8, 4) is 0 Å². The van der Waals surface area contributed by atoms with Gasteiger partial charge in [0, 0.05) is 75.7 Å². The van der Waals surface area contributed by atoms with E-state index in [1.807, 2.05) is 12.1 Å². The molecule has 0 radical (unpaired) electrons. The second kappa shape index (κ2) is 16.0. The monoisotopic (exact) mass is 709 g/mol. The quantitative estimate of drug-likeness (QED) is 0.232. The minimum absolute atomic E-state index is 0.112. The van der Waals surface area contributed by atoms with E-state index in [1.54, 1.807) is 16.0 Å². The number of hydrogen-bond donors (Lipinski definition) is 1. The first kappa shape index (κ1) is 35.1. The molecule has 4 aliphatic heterocycles. The largest absolute Gasteiger partial charge is 0.372 e. The smallest absolute Gasteiger partial charge is 0.255 e. The van der Waals surface area contributed by atoms with Crippen LogP contribution in [0.25, 0.3) is 0 Å². The molecule has 8 heteroatoms. The highest BCUT2D eigenvalue weighted by molar-refractivity contribution is 6.05. The molecule has 1 unspecified atom stereocenters. The van der Waals surface area contributed by atoms with Crippen LogP contribution in [0, 0.1) is 5.92 Å². The lowest BCUT2D eigenvalue weighted by molar-refractivity contribution is -0.136. The van der Waals surface area contributed by atoms with Crippen molar-refractivity contribution < 1.29 is 14.4 Å². The molecule has 3 amide bonds. The molecular weight excluding hydrogens is 659 g/mol. The number of piperidine rings is 2. The van der Waals surface area contributed by atoms with E-state index in [1.165, 1.54) is 49.9 Å². The van der Waals surface area contributed by atoms with E-state index in [0.717, 1.165) is 62.4 Å². The molecule has 3 fully saturated rings. The minimum Gasteiger partial charge on any atom is -0.372 e. The number of carbonyl (C=O) groups is 3. The van der Waals surface area contributed by atoms with Gasteiger partial charge < -0.3 is 14.7 Å². The summed E-state index contributed by atoms with van der Waals surface area (Å²) in [5, 5.41) is 2.37. The predicted molar refractivity (Wildman–Crippen MR) is 210 cm³/mol. The molecular formula is C45H51N5O3. The number of carbonyl (C=O) groups excluding carboxylic acids is 3. The molecule has 274 valence electrons. The summed E-state index contributed by atoms with van der Waals surface area (Å²) in [6.07, 6.45) is 6.90. The Labute approximate surface area is 313 Å². The summed E-state index contributed by atoms with van der Waals surface area (Å²) in [7, 11) is 0. The van der Waals surface area contributed by atoms with E-state index < -0.39 is 6.04 Å². The predicted octanol–water partition coefficient (Wildman–Crippen LogP) is 6.45. The second-order valence-electron chi connectivity index (χ2n) is 15.4. The van der Waals surface area contributed by atoms with Gasteiger partial charge in [0.2, 0.25) is 11.8 Å². The van der Waals surface area contributed by atoms with Gasteiger partial charge in [-0.15, -0.1) is 0 Å². The molecule has 3 saturated heterocycles. The Morgan fingerprint density at radius 3 is 2.02 bits per heavy atom. The van der Waals surface area contributed by atoms with E-state index in [2.05, 4.69) is 111 Å². The fourth-order valence-corrected chi connectivity index (χ4v) is 9.03. The van der Waals surface area contributed by atoms with Gasteiger partial charge in [-0.1, -0.05) is 72.8 Å². The summed E-state index contributed by atoms with van der Waals surface area (Å²) in [6, 6.07) is 36.0. The third-order valence-corrected chi connectivity index (χ3v) is 12.1. The molecule has 53 heavy (non-hydrogen) atoms. The molecule has 4 aromatic carbocycles. The Kier molecular flexibility index (Phi) is 10.6. The summed E-state index contributed by atoms with van der Waals surface area (Å²) in [5.41, 5.74) is 8.72. The highest BCUT2D eigenvalue weighted by Crippen LogP contribution is 2.33. The average Bonchev–Trinajstić information content (AvgIpc) is 3.54. The van der Waals surface area contributed by atoms with Crippen LogP contribution in [0.15, 0.2) is 103 Å². The van der Waals surface area contributed by atoms with Crippen molar-refractivity contribution in [2.24, 2.45) is 5.92 Å². The molecule has 4 aromatic rings. The van der Waals surface area contributed by atoms with E-state index in [9.17, 15) is 14.4 Å². The van der Waals surface area contributed by atoms with Crippen LogP contribution in [-0.4, -0.2) is 79.4 Å². The zero-order valence-corrected chi connectivity index (χ0v) is 30.7. The molecule has 0 spiro atoms. The number of nitrogens with zero attached hydrogens (tertiary/aromatic N) is 4. The van der Waals surface area contributed by atoms with Gasteiger partial charge in [0.25, 0.3) is 5.91 Å². The third kappa shape index (κ3) is 8.03. The molecule has 8 nitrogen and oxygen atoms in total. The Balaban J connectivity index is 0.000000207. The van der Waals surface area contributed by atoms with Gasteiger partial charge in [0.1, 0.15) is 6.04 Å². The number of imide groups is 1. The minimum atomic E-state index is -0.566. The SMILES string of the molecule is O=C1CC[C@H](N2Cc3cc(N4CCN(CC5CCN(c6ccccc6)CC5)CC4)ccc3C2=O)C(=O)N1.c1ccc(C2CCc3ccccc3C2)cc1. The lowest BCUT2D eigenvalue weighted by Crippen LogP contribution is -2.52. The number of piperazine rings is 1. The number of nitrogens with one attached hydrogen (secondary N) is 1. The van der Waals surface area contributed by atoms with Gasteiger partial charge in [-0.2, -0.15) is 0 Å². The molecule has 5 aliphatic rings. The average molecular weight is 710 g/mol. The van der Waals surface area contributed by atoms with Crippen molar-refractivity contribution in [2.75, 3.05) is 55.6 Å². The fourth-order valence-electron chi connectivity index (χ4n) is 9.03. The number of hydrogen-bond acceptors (Lipinski definition) is 6. The first-order valence-electron chi connectivity index (χ1n) is 19.6. The molecule has 9 rings (SSSR count). The zero-order chi connectivity index (χ0) is 36.1. The van der Waals surface area contributed by atoms with Crippen LogP contribution in [0.2, 0.25) is 0 Å². The highest BCUT2D eigenvalue weighted by atomic mass is 16.2. The summed E-state index contributed by atoms with van der Waals surface area (Å²) >= 11 is 0. The fraction of sp³-hybridized carbons (Fsp3) is 0.400. The molecule has 1 N–H and O–H groups in total. The Morgan fingerprint density at radius 2 is 1.28 bits per heavy atom. The number of para-hydroxylation sites is 1. The van der Waals surface area contributed by atoms with E-state index in [-0.39, 0.29) is 24.1 Å². The van der Waals surface area contributed by atoms with Crippen molar-refractivity contribution in [1.29, 1.82) is 0 Å². The summed E-state index contributed by atoms with van der Waals surface area (Å²) in [4.78, 5) is 46.0. The van der Waals surface area contributed by atoms with Gasteiger partial charge in [-0.05, 0) is 103 Å². The van der Waals surface area contributed by atoms with Crippen LogP contribution < -0.4 is 15.1 Å². The number of fused-ring (bicyclic) bond motifs is 2. The third-order valence-electron chi connectivity index (χ3n) is 12.1. The van der Waals surface area contributed by atoms with Gasteiger partial charge >= 0.3 is 0 Å². The Morgan fingerprint density at radius 1 is 0.604 bits per heavy atom. The van der Waals surface area contributed by atoms with Gasteiger partial charge in [0.15, 0.2) is 0 Å². The molecule has 1 aliphatic carbocycles. The molecule has 4 heterocycles. The number of aryl methyl sites for hydroxylation is 1. The number of amides is 3. The van der Waals surface area contributed by atoms with Crippen LogP contribution in [0.3, 0.4) is 0 Å². The first-order valence-corrected chi connectivity index (χ1v) is 19.6. The van der Waals surface area contributed by atoms with Gasteiger partial charge in [-0.3, -0.25) is 24.6 Å². The van der Waals surface area contributed by atoms with Crippen molar-refractivity contribution in [3.63, 3.8) is 0 Å². The van der Waals surface area contributed by atoms with Crippen molar-refractivity contribution in [3.05, 3.63) is 131 Å². The van der Waals surface area contributed by atoms with Crippen LogP contribution >= 0.6 is 0 Å². The maximum Gasteiger partial charge on any atom is 0.255 e. The Hall–Kier alpha value is -4.95. The molecule has 0 saturated carbocycles. The van der Waals surface area contributed by atoms with E-state index >= 15 is 0 Å². The highest BCUT2D eigenvalue weighted by Gasteiger charge is 2.39.